The van der Waals surface area contributed by atoms with Crippen LogP contribution in [0.15, 0.2) is 66.9 Å². The fourth-order valence-corrected chi connectivity index (χ4v) is 5.15. The second kappa shape index (κ2) is 8.94. The van der Waals surface area contributed by atoms with Gasteiger partial charge in [0.15, 0.2) is 17.5 Å². The average Bonchev–Trinajstić information content (AvgIpc) is 3.52. The molecule has 4 aromatic rings. The summed E-state index contributed by atoms with van der Waals surface area (Å²) in [5.41, 5.74) is 3.22. The molecular weight excluding hydrogens is 462 g/mol. The molecule has 1 saturated heterocycles. The zero-order valence-electron chi connectivity index (χ0n) is 20.0. The molecule has 1 unspecified atom stereocenters. The fourth-order valence-electron chi connectivity index (χ4n) is 5.15. The highest BCUT2D eigenvalue weighted by atomic mass is 19.2. The molecule has 0 spiro atoms. The summed E-state index contributed by atoms with van der Waals surface area (Å²) in [5.74, 6) is -0.294. The lowest BCUT2D eigenvalue weighted by atomic mass is 10.0. The van der Waals surface area contributed by atoms with Crippen molar-refractivity contribution in [3.05, 3.63) is 66.9 Å². The molecule has 6 rings (SSSR count). The number of aromatic amines is 1. The van der Waals surface area contributed by atoms with Crippen LogP contribution >= 0.6 is 0 Å². The zero-order chi connectivity index (χ0) is 24.8. The van der Waals surface area contributed by atoms with Gasteiger partial charge >= 0.3 is 0 Å². The van der Waals surface area contributed by atoms with E-state index in [0.29, 0.717) is 35.5 Å². The number of allylic oxidation sites excluding steroid dienone is 4. The highest BCUT2D eigenvalue weighted by Crippen LogP contribution is 2.36. The number of halogens is 2. The van der Waals surface area contributed by atoms with Crippen LogP contribution in [0.5, 0.6) is 0 Å². The van der Waals surface area contributed by atoms with E-state index >= 15 is 0 Å². The summed E-state index contributed by atoms with van der Waals surface area (Å²) in [5, 5.41) is 12.6. The Kier molecular flexibility index (Phi) is 5.60. The molecule has 1 aliphatic carbocycles. The monoisotopic (exact) mass is 488 g/mol. The molecule has 0 bridgehead atoms. The molecule has 2 aliphatic rings. The normalized spacial score (nSPS) is 22.6. The molecule has 36 heavy (non-hydrogen) atoms. The van der Waals surface area contributed by atoms with Gasteiger partial charge in [-0.2, -0.15) is 0 Å². The lowest BCUT2D eigenvalue weighted by Gasteiger charge is -2.36. The van der Waals surface area contributed by atoms with Gasteiger partial charge in [-0.3, -0.25) is 0 Å². The molecule has 4 aromatic heterocycles. The maximum atomic E-state index is 14.6. The van der Waals surface area contributed by atoms with Gasteiger partial charge in [-0.1, -0.05) is 6.08 Å². The maximum Gasteiger partial charge on any atom is 0.166 e. The third-order valence-corrected chi connectivity index (χ3v) is 6.79. The quantitative estimate of drug-likeness (QED) is 0.432. The molecule has 0 saturated carbocycles. The minimum atomic E-state index is -0.866. The van der Waals surface area contributed by atoms with Crippen LogP contribution in [-0.4, -0.2) is 54.9 Å². The van der Waals surface area contributed by atoms with Crippen LogP contribution < -0.4 is 10.2 Å². The number of piperazine rings is 1. The molecule has 0 aromatic carbocycles. The van der Waals surface area contributed by atoms with Crippen molar-refractivity contribution in [3.63, 3.8) is 0 Å². The number of aromatic nitrogens is 6. The third kappa shape index (κ3) is 3.97. The predicted molar refractivity (Wildman–Crippen MR) is 135 cm³/mol. The Balaban J connectivity index is 1.33. The summed E-state index contributed by atoms with van der Waals surface area (Å²) in [6, 6.07) is 6.08. The topological polar surface area (TPSA) is 87.6 Å². The second-order valence-corrected chi connectivity index (χ2v) is 9.51. The van der Waals surface area contributed by atoms with Crippen LogP contribution in [0.1, 0.15) is 26.3 Å². The number of nitrogens with zero attached hydrogens (tertiary/aromatic N) is 6. The highest BCUT2D eigenvalue weighted by molar-refractivity contribution is 5.94. The van der Waals surface area contributed by atoms with E-state index in [9.17, 15) is 8.78 Å². The van der Waals surface area contributed by atoms with Crippen LogP contribution in [-0.2, 0) is 0 Å². The van der Waals surface area contributed by atoms with Gasteiger partial charge in [-0.15, -0.1) is 10.2 Å². The summed E-state index contributed by atoms with van der Waals surface area (Å²) in [6.45, 7) is 6.18. The largest absolute Gasteiger partial charge is 0.354 e. The van der Waals surface area contributed by atoms with E-state index in [1.54, 1.807) is 23.0 Å². The minimum Gasteiger partial charge on any atom is -0.354 e. The summed E-state index contributed by atoms with van der Waals surface area (Å²) in [4.78, 5) is 14.7. The van der Waals surface area contributed by atoms with Crippen LogP contribution in [0.2, 0.25) is 0 Å². The Morgan fingerprint density at radius 2 is 1.83 bits per heavy atom. The van der Waals surface area contributed by atoms with Crippen molar-refractivity contribution >= 4 is 16.9 Å². The molecule has 0 amide bonds. The summed E-state index contributed by atoms with van der Waals surface area (Å²) in [6.07, 6.45) is 9.94. The Bertz CT molecular complexity index is 1460. The minimum absolute atomic E-state index is 0.318. The van der Waals surface area contributed by atoms with Crippen molar-refractivity contribution in [1.29, 1.82) is 0 Å². The highest BCUT2D eigenvalue weighted by Gasteiger charge is 2.26. The number of nitrogens with one attached hydrogen (secondary N) is 2. The van der Waals surface area contributed by atoms with Crippen LogP contribution in [0, 0.1) is 0 Å². The Labute approximate surface area is 206 Å². The lowest BCUT2D eigenvalue weighted by Crippen LogP contribution is -2.54. The predicted octanol–water partition coefficient (Wildman–Crippen LogP) is 4.72. The number of pyridine rings is 2. The molecule has 8 nitrogen and oxygen atoms in total. The van der Waals surface area contributed by atoms with Gasteiger partial charge in [0, 0.05) is 65.8 Å². The summed E-state index contributed by atoms with van der Waals surface area (Å²) < 4.78 is 30.1. The molecular formula is C26H26F2N8. The standard InChI is InChI=1S/C26H26F2N8/c1-15-12-35(13-16(2)33-15)23-7-6-17(9-29-23)18-8-19-20(11-31-25(19)30-10-18)26-34-32-14-36(26)22-5-3-4-21(27)24(22)28/h3-4,6-11,14-16,22,33H,5,12-13H2,1-2H3,(H,30,31)/t15-,16+,22?. The third-order valence-electron chi connectivity index (χ3n) is 6.79. The smallest absolute Gasteiger partial charge is 0.166 e. The first kappa shape index (κ1) is 22.5. The molecule has 0 radical (unpaired) electrons. The van der Waals surface area contributed by atoms with Gasteiger partial charge in [-0.25, -0.2) is 18.7 Å². The van der Waals surface area contributed by atoms with E-state index in [-0.39, 0.29) is 0 Å². The average molecular weight is 489 g/mol. The molecule has 10 heteroatoms. The van der Waals surface area contributed by atoms with E-state index in [1.807, 2.05) is 18.3 Å². The van der Waals surface area contributed by atoms with Gasteiger partial charge in [-0.05, 0) is 44.5 Å². The molecule has 3 atom stereocenters. The number of hydrogen-bond acceptors (Lipinski definition) is 6. The fraction of sp³-hybridized carbons (Fsp3) is 0.308. The van der Waals surface area contributed by atoms with Crippen molar-refractivity contribution < 1.29 is 8.78 Å². The number of H-pyrrole nitrogens is 1. The van der Waals surface area contributed by atoms with Crippen molar-refractivity contribution in [2.75, 3.05) is 18.0 Å². The molecule has 184 valence electrons. The van der Waals surface area contributed by atoms with E-state index in [2.05, 4.69) is 50.3 Å². The summed E-state index contributed by atoms with van der Waals surface area (Å²) in [7, 11) is 0. The molecule has 1 aliphatic heterocycles. The molecule has 5 heterocycles. The van der Waals surface area contributed by atoms with Crippen molar-refractivity contribution in [2.45, 2.75) is 38.4 Å². The van der Waals surface area contributed by atoms with Gasteiger partial charge in [0.2, 0.25) is 0 Å². The van der Waals surface area contributed by atoms with Crippen molar-refractivity contribution in [1.82, 2.24) is 35.0 Å². The number of anilines is 1. The summed E-state index contributed by atoms with van der Waals surface area (Å²) >= 11 is 0. The van der Waals surface area contributed by atoms with Crippen LogP contribution in [0.4, 0.5) is 14.6 Å². The van der Waals surface area contributed by atoms with Crippen LogP contribution in [0.3, 0.4) is 0 Å². The second-order valence-electron chi connectivity index (χ2n) is 9.51. The first-order chi connectivity index (χ1) is 17.5. The van der Waals surface area contributed by atoms with Crippen LogP contribution in [0.25, 0.3) is 33.5 Å². The van der Waals surface area contributed by atoms with E-state index in [0.717, 1.165) is 41.5 Å². The van der Waals surface area contributed by atoms with E-state index in [1.165, 1.54) is 6.33 Å². The Morgan fingerprint density at radius 3 is 2.61 bits per heavy atom. The van der Waals surface area contributed by atoms with E-state index in [4.69, 9.17) is 4.98 Å². The lowest BCUT2D eigenvalue weighted by molar-refractivity contribution is 0.405. The van der Waals surface area contributed by atoms with Gasteiger partial charge in [0.1, 0.15) is 17.8 Å². The SMILES string of the molecule is C[C@@H]1CN(c2ccc(-c3cnc4[nH]cc(-c5nncn5C5CC=CC(F)=C5F)c4c3)cn2)C[C@H](C)N1. The van der Waals surface area contributed by atoms with Gasteiger partial charge < -0.3 is 19.8 Å². The first-order valence-corrected chi connectivity index (χ1v) is 12.0. The van der Waals surface area contributed by atoms with Gasteiger partial charge in [0.25, 0.3) is 0 Å². The molecule has 1 fully saturated rings. The number of hydrogen-bond donors (Lipinski definition) is 2. The number of rotatable bonds is 4. The van der Waals surface area contributed by atoms with Crippen molar-refractivity contribution in [2.24, 2.45) is 0 Å². The number of fused-ring (bicyclic) bond motifs is 1. The Morgan fingerprint density at radius 1 is 1.03 bits per heavy atom. The van der Waals surface area contributed by atoms with E-state index < -0.39 is 17.7 Å². The van der Waals surface area contributed by atoms with Gasteiger partial charge in [0.05, 0.1) is 6.04 Å². The Hall–Kier alpha value is -3.92. The van der Waals surface area contributed by atoms with Crippen molar-refractivity contribution in [3.8, 4) is 22.5 Å². The zero-order valence-corrected chi connectivity index (χ0v) is 20.0. The first-order valence-electron chi connectivity index (χ1n) is 12.0. The maximum absolute atomic E-state index is 14.6. The molecule has 2 N–H and O–H groups in total.